The molecular formula is C14H25NO2. The summed E-state index contributed by atoms with van der Waals surface area (Å²) >= 11 is 0. The van der Waals surface area contributed by atoms with Crippen molar-refractivity contribution in [3.63, 3.8) is 0 Å². The van der Waals surface area contributed by atoms with Gasteiger partial charge in [-0.25, -0.2) is 0 Å². The summed E-state index contributed by atoms with van der Waals surface area (Å²) in [6, 6.07) is 0.660. The maximum atomic E-state index is 11.3. The van der Waals surface area contributed by atoms with Crippen molar-refractivity contribution in [3.05, 3.63) is 12.7 Å². The summed E-state index contributed by atoms with van der Waals surface area (Å²) in [4.78, 5) is 11.3. The van der Waals surface area contributed by atoms with Crippen LogP contribution in [0.2, 0.25) is 0 Å². The molecule has 1 rings (SSSR count). The number of hydrogen-bond donors (Lipinski definition) is 2. The fourth-order valence-electron chi connectivity index (χ4n) is 2.88. The summed E-state index contributed by atoms with van der Waals surface area (Å²) in [6.45, 7) is 12.2. The summed E-state index contributed by atoms with van der Waals surface area (Å²) in [5, 5.41) is 12.8. The molecule has 0 spiro atoms. The third kappa shape index (κ3) is 2.89. The lowest BCUT2D eigenvalue weighted by Gasteiger charge is -2.47. The molecule has 0 heterocycles. The van der Waals surface area contributed by atoms with Gasteiger partial charge in [0.2, 0.25) is 0 Å². The van der Waals surface area contributed by atoms with E-state index in [9.17, 15) is 9.90 Å². The van der Waals surface area contributed by atoms with Gasteiger partial charge < -0.3 is 10.4 Å². The first-order valence-corrected chi connectivity index (χ1v) is 6.42. The van der Waals surface area contributed by atoms with Crippen LogP contribution in [0.1, 0.15) is 40.5 Å². The molecule has 0 bridgehead atoms. The van der Waals surface area contributed by atoms with Crippen molar-refractivity contribution in [2.45, 2.75) is 52.6 Å². The van der Waals surface area contributed by atoms with Crippen molar-refractivity contribution in [2.75, 3.05) is 0 Å². The van der Waals surface area contributed by atoms with E-state index in [1.165, 1.54) is 0 Å². The first kappa shape index (κ1) is 14.2. The van der Waals surface area contributed by atoms with Crippen molar-refractivity contribution < 1.29 is 9.90 Å². The number of rotatable bonds is 4. The van der Waals surface area contributed by atoms with Gasteiger partial charge in [0, 0.05) is 12.1 Å². The van der Waals surface area contributed by atoms with E-state index in [0.29, 0.717) is 12.0 Å². The molecule has 17 heavy (non-hydrogen) atoms. The van der Waals surface area contributed by atoms with Gasteiger partial charge in [-0.15, -0.1) is 6.58 Å². The highest BCUT2D eigenvalue weighted by Gasteiger charge is 2.46. The zero-order valence-electron chi connectivity index (χ0n) is 11.4. The fraction of sp³-hybridized carbons (Fsp3) is 0.786. The highest BCUT2D eigenvalue weighted by atomic mass is 16.4. The van der Waals surface area contributed by atoms with Crippen LogP contribution in [0.25, 0.3) is 0 Å². The first-order chi connectivity index (χ1) is 7.80. The Morgan fingerprint density at radius 2 is 2.12 bits per heavy atom. The normalized spacial score (nSPS) is 34.0. The molecule has 0 aromatic heterocycles. The molecule has 3 nitrogen and oxygen atoms in total. The topological polar surface area (TPSA) is 49.3 Å². The van der Waals surface area contributed by atoms with Gasteiger partial charge in [0.25, 0.3) is 0 Å². The minimum Gasteiger partial charge on any atom is -0.481 e. The van der Waals surface area contributed by atoms with Gasteiger partial charge in [-0.2, -0.15) is 0 Å². The lowest BCUT2D eigenvalue weighted by Crippen LogP contribution is -2.52. The molecule has 3 heteroatoms. The largest absolute Gasteiger partial charge is 0.481 e. The maximum absolute atomic E-state index is 11.3. The van der Waals surface area contributed by atoms with Gasteiger partial charge in [-0.3, -0.25) is 4.79 Å². The standard InChI is InChI=1S/C14H25NO2/c1-6-9(2)15-12-8-7-11(13(16)17)14(4,5)10(12)3/h6,9-12,15H,1,7-8H2,2-5H3,(H,16,17). The molecular weight excluding hydrogens is 214 g/mol. The zero-order valence-corrected chi connectivity index (χ0v) is 11.4. The van der Waals surface area contributed by atoms with Gasteiger partial charge >= 0.3 is 5.97 Å². The average molecular weight is 239 g/mol. The number of aliphatic carboxylic acids is 1. The van der Waals surface area contributed by atoms with E-state index >= 15 is 0 Å². The third-order valence-corrected chi connectivity index (χ3v) is 4.57. The Labute approximate surface area is 104 Å². The van der Waals surface area contributed by atoms with Gasteiger partial charge in [-0.05, 0) is 31.1 Å². The molecule has 0 aromatic carbocycles. The predicted molar refractivity (Wildman–Crippen MR) is 69.9 cm³/mol. The van der Waals surface area contributed by atoms with Crippen LogP contribution in [-0.4, -0.2) is 23.2 Å². The van der Waals surface area contributed by atoms with Crippen LogP contribution in [0.3, 0.4) is 0 Å². The lowest BCUT2D eigenvalue weighted by molar-refractivity contribution is -0.150. The second-order valence-electron chi connectivity index (χ2n) is 5.88. The van der Waals surface area contributed by atoms with Gasteiger partial charge in [0.15, 0.2) is 0 Å². The Kier molecular flexibility index (Phi) is 4.36. The number of carboxylic acids is 1. The van der Waals surface area contributed by atoms with E-state index in [4.69, 9.17) is 0 Å². The minimum atomic E-state index is -0.655. The minimum absolute atomic E-state index is 0.164. The zero-order chi connectivity index (χ0) is 13.2. The van der Waals surface area contributed by atoms with E-state index < -0.39 is 5.97 Å². The van der Waals surface area contributed by atoms with Crippen molar-refractivity contribution in [3.8, 4) is 0 Å². The van der Waals surface area contributed by atoms with Gasteiger partial charge in [0.1, 0.15) is 0 Å². The highest BCUT2D eigenvalue weighted by Crippen LogP contribution is 2.45. The van der Waals surface area contributed by atoms with Crippen molar-refractivity contribution in [2.24, 2.45) is 17.3 Å². The molecule has 0 aliphatic heterocycles. The van der Waals surface area contributed by atoms with Crippen LogP contribution in [0.4, 0.5) is 0 Å². The molecule has 0 aromatic rings. The number of nitrogens with one attached hydrogen (secondary N) is 1. The Balaban J connectivity index is 2.77. The Hall–Kier alpha value is -0.830. The Morgan fingerprint density at radius 1 is 1.53 bits per heavy atom. The van der Waals surface area contributed by atoms with Crippen LogP contribution >= 0.6 is 0 Å². The molecule has 2 N–H and O–H groups in total. The van der Waals surface area contributed by atoms with Crippen LogP contribution in [-0.2, 0) is 4.79 Å². The van der Waals surface area contributed by atoms with Crippen LogP contribution in [0.15, 0.2) is 12.7 Å². The van der Waals surface area contributed by atoms with Crippen LogP contribution in [0, 0.1) is 17.3 Å². The number of hydrogen-bond acceptors (Lipinski definition) is 2. The number of carboxylic acid groups (broad SMARTS) is 1. The second-order valence-corrected chi connectivity index (χ2v) is 5.88. The first-order valence-electron chi connectivity index (χ1n) is 6.42. The summed E-state index contributed by atoms with van der Waals surface area (Å²) < 4.78 is 0. The van der Waals surface area contributed by atoms with E-state index in [1.807, 2.05) is 6.08 Å². The van der Waals surface area contributed by atoms with E-state index in [-0.39, 0.29) is 17.4 Å². The Bertz CT molecular complexity index is 299. The van der Waals surface area contributed by atoms with E-state index in [2.05, 4.69) is 39.6 Å². The molecule has 4 unspecified atom stereocenters. The molecule has 0 radical (unpaired) electrons. The fourth-order valence-corrected chi connectivity index (χ4v) is 2.88. The molecule has 1 fully saturated rings. The molecule has 0 saturated heterocycles. The molecule has 4 atom stereocenters. The van der Waals surface area contributed by atoms with Gasteiger partial charge in [-0.1, -0.05) is 26.8 Å². The van der Waals surface area contributed by atoms with Crippen molar-refractivity contribution in [1.29, 1.82) is 0 Å². The van der Waals surface area contributed by atoms with Gasteiger partial charge in [0.05, 0.1) is 5.92 Å². The molecule has 98 valence electrons. The summed E-state index contributed by atoms with van der Waals surface area (Å²) in [7, 11) is 0. The summed E-state index contributed by atoms with van der Waals surface area (Å²) in [5.41, 5.74) is -0.164. The van der Waals surface area contributed by atoms with Crippen LogP contribution in [0.5, 0.6) is 0 Å². The number of carbonyl (C=O) groups is 1. The van der Waals surface area contributed by atoms with Crippen LogP contribution < -0.4 is 5.32 Å². The quantitative estimate of drug-likeness (QED) is 0.742. The van der Waals surface area contributed by atoms with E-state index in [0.717, 1.165) is 12.8 Å². The SMILES string of the molecule is C=CC(C)NC1CCC(C(=O)O)C(C)(C)C1C. The summed E-state index contributed by atoms with van der Waals surface area (Å²) in [5.74, 6) is -0.536. The third-order valence-electron chi connectivity index (χ3n) is 4.57. The monoisotopic (exact) mass is 239 g/mol. The molecule has 0 amide bonds. The lowest BCUT2D eigenvalue weighted by atomic mass is 9.61. The molecule has 1 saturated carbocycles. The van der Waals surface area contributed by atoms with E-state index in [1.54, 1.807) is 0 Å². The average Bonchev–Trinajstić information content (AvgIpc) is 2.24. The van der Waals surface area contributed by atoms with Crippen molar-refractivity contribution in [1.82, 2.24) is 5.32 Å². The van der Waals surface area contributed by atoms with Crippen molar-refractivity contribution >= 4 is 5.97 Å². The highest BCUT2D eigenvalue weighted by molar-refractivity contribution is 5.71. The maximum Gasteiger partial charge on any atom is 0.307 e. The molecule has 1 aliphatic carbocycles. The summed E-state index contributed by atoms with van der Waals surface area (Å²) in [6.07, 6.45) is 3.58. The molecule has 1 aliphatic rings. The second kappa shape index (κ2) is 5.21. The predicted octanol–water partition coefficient (Wildman–Crippen LogP) is 2.68. The smallest absolute Gasteiger partial charge is 0.307 e. The Morgan fingerprint density at radius 3 is 2.59 bits per heavy atom.